The fraction of sp³-hybridized carbons (Fsp3) is 0.444. The van der Waals surface area contributed by atoms with Gasteiger partial charge in [0.2, 0.25) is 0 Å². The first-order chi connectivity index (χ1) is 6.35. The van der Waals surface area contributed by atoms with E-state index in [9.17, 15) is 0 Å². The molecular weight excluding hydrogens is 184 g/mol. The van der Waals surface area contributed by atoms with Gasteiger partial charge in [0.1, 0.15) is 0 Å². The molecule has 0 amide bonds. The topological polar surface area (TPSA) is 45.0 Å². The van der Waals surface area contributed by atoms with E-state index in [4.69, 9.17) is 10.00 Å². The number of rotatable bonds is 3. The maximum absolute atomic E-state index is 8.88. The van der Waals surface area contributed by atoms with Gasteiger partial charge in [0, 0.05) is 11.4 Å². The number of nitrogens with one attached hydrogen (secondary N) is 1. The van der Waals surface area contributed by atoms with Gasteiger partial charge in [-0.25, -0.2) is 0 Å². The van der Waals surface area contributed by atoms with Gasteiger partial charge in [0.15, 0.2) is 5.54 Å². The summed E-state index contributed by atoms with van der Waals surface area (Å²) in [5.41, 5.74) is -0.427. The predicted molar refractivity (Wildman–Crippen MR) is 50.3 cm³/mol. The zero-order chi connectivity index (χ0) is 9.15. The number of ether oxygens (including phenoxy) is 1. The van der Waals surface area contributed by atoms with E-state index in [0.717, 1.165) is 6.54 Å². The second-order valence-corrected chi connectivity index (χ2v) is 4.15. The Balaban J connectivity index is 1.89. The highest BCUT2D eigenvalue weighted by Crippen LogP contribution is 2.17. The Kier molecular flexibility index (Phi) is 2.32. The molecule has 2 heterocycles. The fourth-order valence-corrected chi connectivity index (χ4v) is 1.83. The molecule has 3 nitrogen and oxygen atoms in total. The van der Waals surface area contributed by atoms with E-state index in [1.165, 1.54) is 4.88 Å². The molecule has 0 spiro atoms. The van der Waals surface area contributed by atoms with Crippen LogP contribution in [0.3, 0.4) is 0 Å². The van der Waals surface area contributed by atoms with Gasteiger partial charge in [0.05, 0.1) is 19.3 Å². The first kappa shape index (κ1) is 8.70. The summed E-state index contributed by atoms with van der Waals surface area (Å²) in [6.07, 6.45) is 0. The molecule has 1 fully saturated rings. The van der Waals surface area contributed by atoms with Crippen LogP contribution in [0.25, 0.3) is 0 Å². The lowest BCUT2D eigenvalue weighted by atomic mass is 10.00. The standard InChI is InChI=1S/C9H10N2OS/c10-5-9(6-12-7-9)11-4-8-2-1-3-13-8/h1-3,11H,4,6-7H2. The summed E-state index contributed by atoms with van der Waals surface area (Å²) in [6.45, 7) is 1.78. The molecule has 0 saturated carbocycles. The average Bonchev–Trinajstić information content (AvgIpc) is 2.56. The number of nitriles is 1. The van der Waals surface area contributed by atoms with Gasteiger partial charge in [-0.3, -0.25) is 5.32 Å². The van der Waals surface area contributed by atoms with Crippen LogP contribution in [0.4, 0.5) is 0 Å². The van der Waals surface area contributed by atoms with E-state index in [2.05, 4.69) is 17.5 Å². The van der Waals surface area contributed by atoms with Crippen molar-refractivity contribution >= 4 is 11.3 Å². The zero-order valence-electron chi connectivity index (χ0n) is 7.12. The van der Waals surface area contributed by atoms with Crippen molar-refractivity contribution in [3.8, 4) is 6.07 Å². The van der Waals surface area contributed by atoms with Crippen LogP contribution in [0.2, 0.25) is 0 Å². The molecule has 0 radical (unpaired) electrons. The second kappa shape index (κ2) is 3.46. The lowest BCUT2D eigenvalue weighted by molar-refractivity contribution is -0.0443. The van der Waals surface area contributed by atoms with E-state index in [0.29, 0.717) is 13.2 Å². The van der Waals surface area contributed by atoms with E-state index in [1.54, 1.807) is 11.3 Å². The van der Waals surface area contributed by atoms with Gasteiger partial charge in [-0.1, -0.05) is 6.07 Å². The van der Waals surface area contributed by atoms with Crippen molar-refractivity contribution in [3.05, 3.63) is 22.4 Å². The normalized spacial score (nSPS) is 19.0. The van der Waals surface area contributed by atoms with Gasteiger partial charge in [-0.05, 0) is 11.4 Å². The third kappa shape index (κ3) is 1.73. The average molecular weight is 194 g/mol. The Labute approximate surface area is 80.9 Å². The minimum atomic E-state index is -0.427. The highest BCUT2D eigenvalue weighted by Gasteiger charge is 2.38. The maximum Gasteiger partial charge on any atom is 0.154 e. The van der Waals surface area contributed by atoms with Crippen molar-refractivity contribution < 1.29 is 4.74 Å². The molecule has 1 N–H and O–H groups in total. The lowest BCUT2D eigenvalue weighted by Gasteiger charge is -2.35. The molecule has 1 aliphatic rings. The summed E-state index contributed by atoms with van der Waals surface area (Å²) in [6, 6.07) is 6.32. The molecule has 1 aromatic heterocycles. The Bertz CT molecular complexity index is 311. The van der Waals surface area contributed by atoms with Crippen molar-refractivity contribution in [2.24, 2.45) is 0 Å². The van der Waals surface area contributed by atoms with E-state index >= 15 is 0 Å². The van der Waals surface area contributed by atoms with Crippen LogP contribution >= 0.6 is 11.3 Å². The molecule has 0 aromatic carbocycles. The summed E-state index contributed by atoms with van der Waals surface area (Å²) in [5, 5.41) is 14.1. The van der Waals surface area contributed by atoms with Gasteiger partial charge in [-0.15, -0.1) is 11.3 Å². The lowest BCUT2D eigenvalue weighted by Crippen LogP contribution is -2.58. The molecule has 2 rings (SSSR count). The monoisotopic (exact) mass is 194 g/mol. The summed E-state index contributed by atoms with van der Waals surface area (Å²) in [7, 11) is 0. The van der Waals surface area contributed by atoms with Crippen LogP contribution < -0.4 is 5.32 Å². The highest BCUT2D eigenvalue weighted by molar-refractivity contribution is 7.09. The molecule has 0 bridgehead atoms. The quantitative estimate of drug-likeness (QED) is 0.784. The first-order valence-corrected chi connectivity index (χ1v) is 4.99. The first-order valence-electron chi connectivity index (χ1n) is 4.11. The summed E-state index contributed by atoms with van der Waals surface area (Å²) < 4.78 is 5.02. The molecule has 0 atom stereocenters. The largest absolute Gasteiger partial charge is 0.375 e. The molecule has 1 aromatic rings. The number of thiophene rings is 1. The SMILES string of the molecule is N#CC1(NCc2cccs2)COC1. The molecular formula is C9H10N2OS. The van der Waals surface area contributed by atoms with Crippen LogP contribution in [-0.4, -0.2) is 18.8 Å². The zero-order valence-corrected chi connectivity index (χ0v) is 7.93. The number of hydrogen-bond acceptors (Lipinski definition) is 4. The second-order valence-electron chi connectivity index (χ2n) is 3.12. The minimum absolute atomic E-state index is 0.427. The van der Waals surface area contributed by atoms with E-state index in [1.807, 2.05) is 11.4 Å². The van der Waals surface area contributed by atoms with Crippen molar-refractivity contribution in [2.75, 3.05) is 13.2 Å². The van der Waals surface area contributed by atoms with Crippen molar-refractivity contribution in [1.82, 2.24) is 5.32 Å². The van der Waals surface area contributed by atoms with Crippen LogP contribution in [0.5, 0.6) is 0 Å². The highest BCUT2D eigenvalue weighted by atomic mass is 32.1. The van der Waals surface area contributed by atoms with E-state index < -0.39 is 5.54 Å². The minimum Gasteiger partial charge on any atom is -0.375 e. The molecule has 0 aliphatic carbocycles. The van der Waals surface area contributed by atoms with Crippen LogP contribution in [0.1, 0.15) is 4.88 Å². The molecule has 1 saturated heterocycles. The fourth-order valence-electron chi connectivity index (χ4n) is 1.18. The Morgan fingerprint density at radius 1 is 1.69 bits per heavy atom. The molecule has 1 aliphatic heterocycles. The van der Waals surface area contributed by atoms with Gasteiger partial charge in [0.25, 0.3) is 0 Å². The Morgan fingerprint density at radius 2 is 2.54 bits per heavy atom. The van der Waals surface area contributed by atoms with E-state index in [-0.39, 0.29) is 0 Å². The maximum atomic E-state index is 8.88. The van der Waals surface area contributed by atoms with Crippen LogP contribution in [0.15, 0.2) is 17.5 Å². The van der Waals surface area contributed by atoms with Gasteiger partial charge in [-0.2, -0.15) is 5.26 Å². The summed E-state index contributed by atoms with van der Waals surface area (Å²) in [4.78, 5) is 1.25. The molecule has 4 heteroatoms. The van der Waals surface area contributed by atoms with Crippen molar-refractivity contribution in [1.29, 1.82) is 5.26 Å². The third-order valence-electron chi connectivity index (χ3n) is 2.09. The summed E-state index contributed by atoms with van der Waals surface area (Å²) >= 11 is 1.70. The van der Waals surface area contributed by atoms with Gasteiger partial charge < -0.3 is 4.74 Å². The smallest absolute Gasteiger partial charge is 0.154 e. The van der Waals surface area contributed by atoms with Crippen LogP contribution in [0, 0.1) is 11.3 Å². The van der Waals surface area contributed by atoms with Crippen LogP contribution in [-0.2, 0) is 11.3 Å². The molecule has 68 valence electrons. The number of nitrogens with zero attached hydrogens (tertiary/aromatic N) is 1. The van der Waals surface area contributed by atoms with Gasteiger partial charge >= 0.3 is 0 Å². The Hall–Kier alpha value is -0.890. The summed E-state index contributed by atoms with van der Waals surface area (Å²) in [5.74, 6) is 0. The third-order valence-corrected chi connectivity index (χ3v) is 2.97. The Morgan fingerprint density at radius 3 is 3.00 bits per heavy atom. The molecule has 13 heavy (non-hydrogen) atoms. The van der Waals surface area contributed by atoms with Crippen molar-refractivity contribution in [3.63, 3.8) is 0 Å². The molecule has 0 unspecified atom stereocenters. The predicted octanol–water partition coefficient (Wildman–Crippen LogP) is 1.13. The number of hydrogen-bond donors (Lipinski definition) is 1. The van der Waals surface area contributed by atoms with Crippen molar-refractivity contribution in [2.45, 2.75) is 12.1 Å².